The largest absolute Gasteiger partial charge is 0.490 e. The van der Waals surface area contributed by atoms with Crippen molar-refractivity contribution in [3.8, 4) is 17.6 Å². The Bertz CT molecular complexity index is 2240. The average molecular weight is 804 g/mol. The standard InChI is InChI=1S/C40H50FN7O4S2Si/c1-10-51-38(49)36-34(22-27(2)25-52-32-18-17-29(24-30(32)41)14-13-19-46(4)5)54-39(42-36)47(6)35-23-28(3)37(45-44-35)43-40-48(26-50-20-21-55(7,8)9)31-15-11-12-16-33(31)53-40/h11-12,15-18,23-24,27H,10,19-22,25-26H2,1-9H3. The van der Waals surface area contributed by atoms with Crippen molar-refractivity contribution in [2.75, 3.05) is 52.4 Å². The zero-order chi connectivity index (χ0) is 39.7. The third-order valence-corrected chi connectivity index (χ3v) is 12.3. The van der Waals surface area contributed by atoms with Gasteiger partial charge in [-0.1, -0.05) is 61.9 Å². The van der Waals surface area contributed by atoms with Crippen molar-refractivity contribution in [1.82, 2.24) is 24.6 Å². The van der Waals surface area contributed by atoms with Crippen LogP contribution in [0.15, 0.2) is 53.5 Å². The van der Waals surface area contributed by atoms with E-state index in [2.05, 4.69) is 58.4 Å². The van der Waals surface area contributed by atoms with Gasteiger partial charge in [-0.05, 0) is 88.3 Å². The highest BCUT2D eigenvalue weighted by atomic mass is 32.1. The first kappa shape index (κ1) is 41.7. The van der Waals surface area contributed by atoms with E-state index < -0.39 is 19.9 Å². The molecule has 0 N–H and O–H groups in total. The summed E-state index contributed by atoms with van der Waals surface area (Å²) in [7, 11) is 4.46. The van der Waals surface area contributed by atoms with Gasteiger partial charge in [-0.3, -0.25) is 9.47 Å². The van der Waals surface area contributed by atoms with E-state index in [-0.39, 0.29) is 30.6 Å². The Hall–Kier alpha value is -4.46. The Kier molecular flexibility index (Phi) is 14.3. The van der Waals surface area contributed by atoms with Crippen LogP contribution < -0.4 is 14.4 Å². The van der Waals surface area contributed by atoms with E-state index in [4.69, 9.17) is 24.2 Å². The van der Waals surface area contributed by atoms with Crippen LogP contribution in [-0.2, 0) is 22.6 Å². The number of hydrogen-bond acceptors (Lipinski definition) is 12. The Balaban J connectivity index is 1.32. The van der Waals surface area contributed by atoms with E-state index in [1.807, 2.05) is 58.1 Å². The van der Waals surface area contributed by atoms with E-state index in [0.29, 0.717) is 48.6 Å². The molecule has 3 heterocycles. The fraction of sp³-hybridized carbons (Fsp3) is 0.425. The molecule has 0 fully saturated rings. The number of anilines is 2. The summed E-state index contributed by atoms with van der Waals surface area (Å²) in [6.45, 7) is 14.8. The third-order valence-electron chi connectivity index (χ3n) is 8.35. The van der Waals surface area contributed by atoms with Crippen LogP contribution in [-0.4, -0.2) is 86.2 Å². The number of carbonyl (C=O) groups excluding carboxylic acids is 1. The van der Waals surface area contributed by atoms with Crippen LogP contribution >= 0.6 is 22.7 Å². The van der Waals surface area contributed by atoms with Gasteiger partial charge in [0.15, 0.2) is 38.8 Å². The molecule has 0 aliphatic heterocycles. The summed E-state index contributed by atoms with van der Waals surface area (Å²) in [6, 6.07) is 15.9. The Morgan fingerprint density at radius 1 is 1.09 bits per heavy atom. The van der Waals surface area contributed by atoms with E-state index in [9.17, 15) is 9.18 Å². The molecule has 1 unspecified atom stereocenters. The number of thiazole rings is 2. The van der Waals surface area contributed by atoms with Crippen molar-refractivity contribution in [2.45, 2.75) is 59.6 Å². The second kappa shape index (κ2) is 18.9. The third kappa shape index (κ3) is 11.5. The molecule has 3 aromatic heterocycles. The van der Waals surface area contributed by atoms with Crippen molar-refractivity contribution in [1.29, 1.82) is 0 Å². The van der Waals surface area contributed by atoms with Gasteiger partial charge in [-0.15, -0.1) is 21.5 Å². The predicted octanol–water partition coefficient (Wildman–Crippen LogP) is 8.06. The summed E-state index contributed by atoms with van der Waals surface area (Å²) in [5.74, 6) is 6.13. The van der Waals surface area contributed by atoms with Crippen LogP contribution in [0.1, 0.15) is 40.3 Å². The van der Waals surface area contributed by atoms with Crippen LogP contribution in [0.25, 0.3) is 10.2 Å². The second-order valence-corrected chi connectivity index (χ2v) is 22.5. The Morgan fingerprint density at radius 2 is 1.87 bits per heavy atom. The molecule has 11 nitrogen and oxygen atoms in total. The number of fused-ring (bicyclic) bond motifs is 1. The molecule has 5 rings (SSSR count). The van der Waals surface area contributed by atoms with Gasteiger partial charge in [-0.25, -0.2) is 14.2 Å². The highest BCUT2D eigenvalue weighted by Gasteiger charge is 2.24. The SMILES string of the molecule is CCOC(=O)c1nc(N(C)c2cc(C)c(N=c3sc4ccccc4n3COCC[Si](C)(C)C)nn2)sc1CC(C)COc1ccc(C#CCN(C)C)cc1F. The highest BCUT2D eigenvalue weighted by Crippen LogP contribution is 2.33. The summed E-state index contributed by atoms with van der Waals surface area (Å²) in [6.07, 6.45) is 0.467. The molecular formula is C40H50FN7O4S2Si. The number of carbonyl (C=O) groups is 1. The van der Waals surface area contributed by atoms with Crippen LogP contribution in [0, 0.1) is 30.5 Å². The summed E-state index contributed by atoms with van der Waals surface area (Å²) >= 11 is 2.95. The quantitative estimate of drug-likeness (QED) is 0.0424. The summed E-state index contributed by atoms with van der Waals surface area (Å²) < 4.78 is 35.4. The molecule has 0 radical (unpaired) electrons. The predicted molar refractivity (Wildman–Crippen MR) is 222 cm³/mol. The van der Waals surface area contributed by atoms with Crippen molar-refractivity contribution < 1.29 is 23.4 Å². The molecular weight excluding hydrogens is 754 g/mol. The van der Waals surface area contributed by atoms with Crippen molar-refractivity contribution >= 4 is 63.7 Å². The van der Waals surface area contributed by atoms with Crippen molar-refractivity contribution in [3.63, 3.8) is 0 Å². The monoisotopic (exact) mass is 803 g/mol. The molecule has 15 heteroatoms. The average Bonchev–Trinajstić information content (AvgIpc) is 3.71. The first-order valence-corrected chi connectivity index (χ1v) is 23.6. The minimum Gasteiger partial charge on any atom is -0.490 e. The first-order chi connectivity index (χ1) is 26.2. The number of aromatic nitrogens is 4. The molecule has 0 aliphatic carbocycles. The summed E-state index contributed by atoms with van der Waals surface area (Å²) in [4.78, 5) is 27.9. The number of ether oxygens (including phenoxy) is 3. The number of para-hydroxylation sites is 1. The normalized spacial score (nSPS) is 12.5. The number of aryl methyl sites for hydroxylation is 1. The fourth-order valence-electron chi connectivity index (χ4n) is 5.28. The van der Waals surface area contributed by atoms with E-state index in [0.717, 1.165) is 31.5 Å². The van der Waals surface area contributed by atoms with Crippen LogP contribution in [0.5, 0.6) is 5.75 Å². The number of rotatable bonds is 16. The minimum atomic E-state index is -1.22. The van der Waals surface area contributed by atoms with Crippen LogP contribution in [0.4, 0.5) is 21.2 Å². The number of esters is 1. The molecule has 2 aromatic carbocycles. The molecule has 0 amide bonds. The van der Waals surface area contributed by atoms with Gasteiger partial charge in [-0.2, -0.15) is 4.99 Å². The Labute approximate surface area is 331 Å². The topological polar surface area (TPSA) is 107 Å². The van der Waals surface area contributed by atoms with Gasteiger partial charge < -0.3 is 19.1 Å². The molecule has 5 aromatic rings. The molecule has 0 saturated carbocycles. The number of hydrogen-bond donors (Lipinski definition) is 0. The Morgan fingerprint density at radius 3 is 2.58 bits per heavy atom. The maximum Gasteiger partial charge on any atom is 0.358 e. The van der Waals surface area contributed by atoms with Crippen LogP contribution in [0.3, 0.4) is 0 Å². The zero-order valence-corrected chi connectivity index (χ0v) is 35.7. The van der Waals surface area contributed by atoms with Gasteiger partial charge in [0.05, 0.1) is 30.0 Å². The van der Waals surface area contributed by atoms with Crippen LogP contribution in [0.2, 0.25) is 25.7 Å². The summed E-state index contributed by atoms with van der Waals surface area (Å²) in [5.41, 5.74) is 2.71. The van der Waals surface area contributed by atoms with Gasteiger partial charge in [0.1, 0.15) is 6.73 Å². The lowest BCUT2D eigenvalue weighted by Gasteiger charge is -2.16. The van der Waals surface area contributed by atoms with Gasteiger partial charge >= 0.3 is 5.97 Å². The maximum absolute atomic E-state index is 14.8. The lowest BCUT2D eigenvalue weighted by atomic mass is 10.1. The van der Waals surface area contributed by atoms with Gasteiger partial charge in [0, 0.05) is 32.2 Å². The van der Waals surface area contributed by atoms with E-state index >= 15 is 0 Å². The van der Waals surface area contributed by atoms with E-state index in [1.165, 1.54) is 17.4 Å². The molecule has 55 heavy (non-hydrogen) atoms. The zero-order valence-electron chi connectivity index (χ0n) is 33.1. The lowest BCUT2D eigenvalue weighted by molar-refractivity contribution is 0.0519. The molecule has 1 atom stereocenters. The number of benzene rings is 2. The van der Waals surface area contributed by atoms with E-state index in [1.54, 1.807) is 35.3 Å². The van der Waals surface area contributed by atoms with Gasteiger partial charge in [0.2, 0.25) is 0 Å². The van der Waals surface area contributed by atoms with Crippen molar-refractivity contribution in [2.24, 2.45) is 10.9 Å². The smallest absolute Gasteiger partial charge is 0.358 e. The maximum atomic E-state index is 14.8. The van der Waals surface area contributed by atoms with Gasteiger partial charge in [0.25, 0.3) is 0 Å². The number of nitrogens with zero attached hydrogens (tertiary/aromatic N) is 7. The highest BCUT2D eigenvalue weighted by molar-refractivity contribution is 7.16. The second-order valence-electron chi connectivity index (χ2n) is 14.8. The number of halogens is 1. The molecule has 0 spiro atoms. The molecule has 0 bridgehead atoms. The molecule has 0 aliphatic rings. The van der Waals surface area contributed by atoms with Crippen molar-refractivity contribution in [3.05, 3.63) is 80.8 Å². The lowest BCUT2D eigenvalue weighted by Crippen LogP contribution is -2.23. The minimum absolute atomic E-state index is 0.0731. The fourth-order valence-corrected chi connectivity index (χ4v) is 8.23. The summed E-state index contributed by atoms with van der Waals surface area (Å²) in [5, 5.41) is 9.59. The molecule has 0 saturated heterocycles. The molecule has 292 valence electrons. The first-order valence-electron chi connectivity index (χ1n) is 18.2.